The highest BCUT2D eigenvalue weighted by Gasteiger charge is 2.41. The lowest BCUT2D eigenvalue weighted by molar-refractivity contribution is -0.126. The zero-order valence-corrected chi connectivity index (χ0v) is 19.0. The first-order valence-electron chi connectivity index (χ1n) is 10.8. The fourth-order valence-corrected chi connectivity index (χ4v) is 9.10. The van der Waals surface area contributed by atoms with Gasteiger partial charge in [0.2, 0.25) is 0 Å². The number of rotatable bonds is 5. The van der Waals surface area contributed by atoms with E-state index in [1.807, 2.05) is 21.6 Å². The van der Waals surface area contributed by atoms with E-state index in [1.165, 1.54) is 0 Å². The van der Waals surface area contributed by atoms with Crippen molar-refractivity contribution in [2.75, 3.05) is 0 Å². The lowest BCUT2D eigenvalue weighted by Gasteiger charge is -2.35. The van der Waals surface area contributed by atoms with E-state index >= 15 is 0 Å². The molecule has 0 saturated heterocycles. The number of amides is 4. The van der Waals surface area contributed by atoms with Crippen molar-refractivity contribution in [3.8, 4) is 0 Å². The molecule has 0 aromatic carbocycles. The molecule has 2 aliphatic carbocycles. The number of hydrogen-bond acceptors (Lipinski definition) is 6. The van der Waals surface area contributed by atoms with Crippen molar-refractivity contribution in [2.24, 2.45) is 11.8 Å². The van der Waals surface area contributed by atoms with Crippen molar-refractivity contribution in [3.63, 3.8) is 0 Å². The van der Waals surface area contributed by atoms with E-state index in [1.54, 1.807) is 13.8 Å². The minimum Gasteiger partial charge on any atom is -0.289 e. The zero-order valence-electron chi connectivity index (χ0n) is 17.4. The molecule has 2 aliphatic heterocycles. The molecule has 4 amide bonds. The molecule has 162 valence electrons. The van der Waals surface area contributed by atoms with Gasteiger partial charge in [0.1, 0.15) is 0 Å². The van der Waals surface area contributed by atoms with Crippen LogP contribution in [0.4, 0.5) is 0 Å². The van der Waals surface area contributed by atoms with Gasteiger partial charge >= 0.3 is 0 Å². The molecule has 0 aromatic heterocycles. The molecule has 0 bridgehead atoms. The summed E-state index contributed by atoms with van der Waals surface area (Å²) in [5, 5.41) is 5.45. The predicted octanol–water partition coefficient (Wildman–Crippen LogP) is 3.43. The quantitative estimate of drug-likeness (QED) is 0.495. The van der Waals surface area contributed by atoms with Gasteiger partial charge in [0.15, 0.2) is 0 Å². The molecule has 4 unspecified atom stereocenters. The van der Waals surface area contributed by atoms with Gasteiger partial charge in [-0.25, -0.2) is 0 Å². The van der Waals surface area contributed by atoms with E-state index in [2.05, 4.69) is 10.6 Å². The van der Waals surface area contributed by atoms with Gasteiger partial charge in [0.05, 0.1) is 0 Å². The summed E-state index contributed by atoms with van der Waals surface area (Å²) in [5.74, 6) is -0.772. The number of imide groups is 2. The van der Waals surface area contributed by atoms with Crippen molar-refractivity contribution in [1.82, 2.24) is 10.6 Å². The van der Waals surface area contributed by atoms with Crippen LogP contribution in [0.1, 0.15) is 65.2 Å². The Kier molecular flexibility index (Phi) is 6.44. The Morgan fingerprint density at radius 1 is 0.600 bits per heavy atom. The van der Waals surface area contributed by atoms with Crippen molar-refractivity contribution in [1.29, 1.82) is 0 Å². The lowest BCUT2D eigenvalue weighted by atomic mass is 9.82. The van der Waals surface area contributed by atoms with Crippen LogP contribution < -0.4 is 10.6 Å². The Balaban J connectivity index is 1.49. The second-order valence-electron chi connectivity index (χ2n) is 8.70. The van der Waals surface area contributed by atoms with Crippen LogP contribution in [0.2, 0.25) is 0 Å². The van der Waals surface area contributed by atoms with Crippen molar-refractivity contribution in [2.45, 2.75) is 75.7 Å². The van der Waals surface area contributed by atoms with Crippen molar-refractivity contribution < 1.29 is 19.2 Å². The second-order valence-corrected chi connectivity index (χ2v) is 11.4. The molecule has 2 N–H and O–H groups in total. The highest BCUT2D eigenvalue weighted by molar-refractivity contribution is 8.77. The standard InChI is InChI=1S/C22H28N2O4S2/c1-11-17(21(27)23-19(11)25)13-7-3-5-9-15(13)29-30-16-10-6-4-8-14(16)18-12(2)20(26)24-22(18)28/h13-16H,3-10H2,1-2H3,(H,23,25,27)(H,24,26,28). The summed E-state index contributed by atoms with van der Waals surface area (Å²) in [6, 6.07) is 0. The first kappa shape index (κ1) is 21.7. The van der Waals surface area contributed by atoms with Crippen LogP contribution in [0.15, 0.2) is 22.3 Å². The van der Waals surface area contributed by atoms with Crippen LogP contribution in [0.25, 0.3) is 0 Å². The molecular formula is C22H28N2O4S2. The van der Waals surface area contributed by atoms with E-state index in [4.69, 9.17) is 0 Å². The summed E-state index contributed by atoms with van der Waals surface area (Å²) in [6.45, 7) is 3.50. The van der Waals surface area contributed by atoms with Crippen LogP contribution in [0.5, 0.6) is 0 Å². The SMILES string of the molecule is CC1=C(C2CCCCC2SSC2CCCCC2C2=C(C)C(=O)NC2=O)C(=O)NC1=O. The van der Waals surface area contributed by atoms with Crippen LogP contribution in [-0.2, 0) is 19.2 Å². The maximum atomic E-state index is 12.4. The summed E-state index contributed by atoms with van der Waals surface area (Å²) in [7, 11) is 3.64. The van der Waals surface area contributed by atoms with Crippen molar-refractivity contribution in [3.05, 3.63) is 22.3 Å². The van der Waals surface area contributed by atoms with E-state index in [-0.39, 0.29) is 46.0 Å². The second kappa shape index (κ2) is 8.91. The van der Waals surface area contributed by atoms with Gasteiger partial charge in [-0.05, 0) is 39.5 Å². The minimum absolute atomic E-state index is 0.0991. The molecule has 2 heterocycles. The number of nitrogens with one attached hydrogen (secondary N) is 2. The topological polar surface area (TPSA) is 92.3 Å². The highest BCUT2D eigenvalue weighted by atomic mass is 33.1. The Labute approximate surface area is 184 Å². The van der Waals surface area contributed by atoms with E-state index in [0.717, 1.165) is 51.4 Å². The molecule has 6 nitrogen and oxygen atoms in total. The van der Waals surface area contributed by atoms with E-state index < -0.39 is 0 Å². The van der Waals surface area contributed by atoms with Gasteiger partial charge in [-0.1, -0.05) is 47.3 Å². The fraction of sp³-hybridized carbons (Fsp3) is 0.636. The van der Waals surface area contributed by atoms with E-state index in [0.29, 0.717) is 22.3 Å². The van der Waals surface area contributed by atoms with Gasteiger partial charge in [0, 0.05) is 44.6 Å². The predicted molar refractivity (Wildman–Crippen MR) is 118 cm³/mol. The highest BCUT2D eigenvalue weighted by Crippen LogP contribution is 2.50. The Bertz CT molecular complexity index is 793. The molecule has 0 spiro atoms. The molecule has 2 fully saturated rings. The zero-order chi connectivity index (χ0) is 21.4. The Morgan fingerprint density at radius 3 is 1.30 bits per heavy atom. The van der Waals surface area contributed by atoms with Crippen molar-refractivity contribution >= 4 is 45.2 Å². The molecule has 30 heavy (non-hydrogen) atoms. The smallest absolute Gasteiger partial charge is 0.254 e. The molecule has 4 aliphatic rings. The third-order valence-corrected chi connectivity index (χ3v) is 10.4. The average molecular weight is 449 g/mol. The molecular weight excluding hydrogens is 420 g/mol. The average Bonchev–Trinajstić information content (AvgIpc) is 3.13. The number of carbonyl (C=O) groups excluding carboxylic acids is 4. The van der Waals surface area contributed by atoms with Crippen LogP contribution in [0, 0.1) is 11.8 Å². The number of hydrogen-bond donors (Lipinski definition) is 2. The van der Waals surface area contributed by atoms with E-state index in [9.17, 15) is 19.2 Å². The maximum absolute atomic E-state index is 12.4. The maximum Gasteiger partial charge on any atom is 0.254 e. The van der Waals surface area contributed by atoms with Gasteiger partial charge in [-0.2, -0.15) is 0 Å². The first-order chi connectivity index (χ1) is 14.4. The van der Waals surface area contributed by atoms with Gasteiger partial charge < -0.3 is 0 Å². The Hall–Kier alpha value is -1.54. The monoisotopic (exact) mass is 448 g/mol. The molecule has 0 aromatic rings. The van der Waals surface area contributed by atoms with Crippen LogP contribution >= 0.6 is 21.6 Å². The van der Waals surface area contributed by atoms with Crippen LogP contribution in [-0.4, -0.2) is 34.1 Å². The Morgan fingerprint density at radius 2 is 0.967 bits per heavy atom. The summed E-state index contributed by atoms with van der Waals surface area (Å²) in [4.78, 5) is 48.7. The largest absolute Gasteiger partial charge is 0.289 e. The van der Waals surface area contributed by atoms with Gasteiger partial charge in [-0.15, -0.1) is 0 Å². The fourth-order valence-electron chi connectivity index (χ4n) is 5.23. The molecule has 8 heteroatoms. The molecule has 4 atom stereocenters. The third kappa shape index (κ3) is 4.00. The molecule has 2 saturated carbocycles. The van der Waals surface area contributed by atoms with Gasteiger partial charge in [0.25, 0.3) is 23.6 Å². The summed E-state index contributed by atoms with van der Waals surface area (Å²) in [6.07, 6.45) is 8.33. The van der Waals surface area contributed by atoms with Crippen LogP contribution in [0.3, 0.4) is 0 Å². The summed E-state index contributed by atoms with van der Waals surface area (Å²) >= 11 is 0. The minimum atomic E-state index is -0.261. The first-order valence-corrected chi connectivity index (χ1v) is 13.1. The lowest BCUT2D eigenvalue weighted by Crippen LogP contribution is -2.31. The van der Waals surface area contributed by atoms with Gasteiger partial charge in [-0.3, -0.25) is 29.8 Å². The molecule has 4 rings (SSSR count). The third-order valence-electron chi connectivity index (χ3n) is 6.88. The normalized spacial score (nSPS) is 32.7. The summed E-state index contributed by atoms with van der Waals surface area (Å²) < 4.78 is 0. The number of carbonyl (C=O) groups is 4. The summed E-state index contributed by atoms with van der Waals surface area (Å²) in [5.41, 5.74) is 2.49. The molecule has 0 radical (unpaired) electrons.